The van der Waals surface area contributed by atoms with Crippen molar-refractivity contribution in [3.8, 4) is 0 Å². The van der Waals surface area contributed by atoms with Gasteiger partial charge >= 0.3 is 0 Å². The van der Waals surface area contributed by atoms with Crippen molar-refractivity contribution >= 4 is 27.5 Å². The second kappa shape index (κ2) is 4.73. The molecule has 3 N–H and O–H groups in total. The van der Waals surface area contributed by atoms with E-state index in [1.807, 2.05) is 12.1 Å². The highest BCUT2D eigenvalue weighted by atomic mass is 79.9. The molecule has 1 aromatic carbocycles. The van der Waals surface area contributed by atoms with E-state index in [0.29, 0.717) is 11.3 Å². The van der Waals surface area contributed by atoms with Gasteiger partial charge in [-0.15, -0.1) is 0 Å². The van der Waals surface area contributed by atoms with Crippen LogP contribution in [0, 0.1) is 16.7 Å². The van der Waals surface area contributed by atoms with Crippen molar-refractivity contribution in [3.05, 3.63) is 28.2 Å². The molecule has 0 spiro atoms. The van der Waals surface area contributed by atoms with E-state index >= 15 is 0 Å². The summed E-state index contributed by atoms with van der Waals surface area (Å²) in [6.45, 7) is 6.91. The second-order valence-electron chi connectivity index (χ2n) is 7.56. The minimum Gasteiger partial charge on any atom is -0.398 e. The summed E-state index contributed by atoms with van der Waals surface area (Å²) in [5, 5.41) is 3.29. The molecule has 2 fully saturated rings. The highest BCUT2D eigenvalue weighted by molar-refractivity contribution is 9.10. The maximum atomic E-state index is 12.6. The molecule has 2 aliphatic rings. The number of nitrogens with one attached hydrogen (secondary N) is 1. The molecular formula is C17H23BrN2O. The summed E-state index contributed by atoms with van der Waals surface area (Å²) in [5.74, 6) is 0.712. The standard InChI is InChI=1S/C17H23BrN2O/c1-16(2)11-6-7-17(3,9-11)15(16)20-14(21)10-4-5-12(18)13(19)8-10/h4-5,8,11,15H,6-7,9,19H2,1-3H3,(H,20,21). The van der Waals surface area contributed by atoms with Gasteiger partial charge in [0, 0.05) is 21.8 Å². The molecule has 114 valence electrons. The van der Waals surface area contributed by atoms with Crippen LogP contribution in [-0.4, -0.2) is 11.9 Å². The summed E-state index contributed by atoms with van der Waals surface area (Å²) in [6, 6.07) is 5.62. The van der Waals surface area contributed by atoms with Crippen LogP contribution in [0.4, 0.5) is 5.69 Å². The van der Waals surface area contributed by atoms with Crippen LogP contribution >= 0.6 is 15.9 Å². The number of carbonyl (C=O) groups is 1. The predicted molar refractivity (Wildman–Crippen MR) is 89.0 cm³/mol. The number of hydrogen-bond donors (Lipinski definition) is 2. The van der Waals surface area contributed by atoms with Crippen molar-refractivity contribution in [3.63, 3.8) is 0 Å². The largest absolute Gasteiger partial charge is 0.398 e. The fraction of sp³-hybridized carbons (Fsp3) is 0.588. The van der Waals surface area contributed by atoms with Crippen molar-refractivity contribution < 1.29 is 4.79 Å². The van der Waals surface area contributed by atoms with Gasteiger partial charge < -0.3 is 11.1 Å². The lowest BCUT2D eigenvalue weighted by atomic mass is 9.68. The van der Waals surface area contributed by atoms with Crippen molar-refractivity contribution in [1.29, 1.82) is 0 Å². The van der Waals surface area contributed by atoms with Crippen molar-refractivity contribution in [2.45, 2.75) is 46.1 Å². The third kappa shape index (κ3) is 2.28. The third-order valence-corrected chi connectivity index (χ3v) is 6.53. The first-order valence-corrected chi connectivity index (χ1v) is 8.39. The predicted octanol–water partition coefficient (Wildman–Crippen LogP) is 3.98. The molecule has 3 atom stereocenters. The van der Waals surface area contributed by atoms with Gasteiger partial charge in [0.25, 0.3) is 5.91 Å². The monoisotopic (exact) mass is 350 g/mol. The number of benzene rings is 1. The summed E-state index contributed by atoms with van der Waals surface area (Å²) in [5.41, 5.74) is 7.53. The summed E-state index contributed by atoms with van der Waals surface area (Å²) in [7, 11) is 0. The number of amides is 1. The van der Waals surface area contributed by atoms with E-state index in [2.05, 4.69) is 42.0 Å². The quantitative estimate of drug-likeness (QED) is 0.792. The zero-order valence-corrected chi connectivity index (χ0v) is 14.5. The lowest BCUT2D eigenvalue weighted by Gasteiger charge is -2.43. The fourth-order valence-electron chi connectivity index (χ4n) is 4.56. The van der Waals surface area contributed by atoms with Crippen LogP contribution < -0.4 is 11.1 Å². The Labute approximate surface area is 134 Å². The van der Waals surface area contributed by atoms with Crippen molar-refractivity contribution in [1.82, 2.24) is 5.32 Å². The molecule has 2 aliphatic carbocycles. The first-order valence-electron chi connectivity index (χ1n) is 7.60. The maximum absolute atomic E-state index is 12.6. The molecule has 21 heavy (non-hydrogen) atoms. The van der Waals surface area contributed by atoms with Crippen molar-refractivity contribution in [2.24, 2.45) is 16.7 Å². The normalized spacial score (nSPS) is 33.1. The van der Waals surface area contributed by atoms with Gasteiger partial charge in [-0.05, 0) is 70.1 Å². The summed E-state index contributed by atoms with van der Waals surface area (Å²) < 4.78 is 0.825. The Morgan fingerprint density at radius 3 is 2.67 bits per heavy atom. The van der Waals surface area contributed by atoms with Crippen molar-refractivity contribution in [2.75, 3.05) is 5.73 Å². The van der Waals surface area contributed by atoms with Gasteiger partial charge in [-0.3, -0.25) is 4.79 Å². The van der Waals surface area contributed by atoms with E-state index in [9.17, 15) is 4.79 Å². The molecule has 0 radical (unpaired) electrons. The molecular weight excluding hydrogens is 328 g/mol. The highest BCUT2D eigenvalue weighted by Gasteiger charge is 2.59. The Hall–Kier alpha value is -1.03. The van der Waals surface area contributed by atoms with E-state index < -0.39 is 0 Å². The van der Waals surface area contributed by atoms with Gasteiger partial charge in [-0.1, -0.05) is 20.8 Å². The van der Waals surface area contributed by atoms with Gasteiger partial charge in [0.2, 0.25) is 0 Å². The minimum absolute atomic E-state index is 0.0129. The second-order valence-corrected chi connectivity index (χ2v) is 8.41. The maximum Gasteiger partial charge on any atom is 0.251 e. The van der Waals surface area contributed by atoms with E-state index in [-0.39, 0.29) is 22.8 Å². The van der Waals surface area contributed by atoms with Crippen LogP contribution in [0.1, 0.15) is 50.4 Å². The SMILES string of the molecule is CC12CCC(C1)C(C)(C)C2NC(=O)c1ccc(Br)c(N)c1. The number of fused-ring (bicyclic) bond motifs is 2. The van der Waals surface area contributed by atoms with Crippen LogP contribution in [0.5, 0.6) is 0 Å². The zero-order chi connectivity index (χ0) is 15.4. The lowest BCUT2D eigenvalue weighted by Crippen LogP contribution is -2.52. The Kier molecular flexibility index (Phi) is 3.36. The topological polar surface area (TPSA) is 55.1 Å². The van der Waals surface area contributed by atoms with Crippen LogP contribution in [0.15, 0.2) is 22.7 Å². The lowest BCUT2D eigenvalue weighted by molar-refractivity contribution is 0.0737. The van der Waals surface area contributed by atoms with Gasteiger partial charge in [-0.2, -0.15) is 0 Å². The van der Waals surface area contributed by atoms with Crippen LogP contribution in [-0.2, 0) is 0 Å². The molecule has 3 rings (SSSR count). The molecule has 1 amide bonds. The Balaban J connectivity index is 1.83. The summed E-state index contributed by atoms with van der Waals surface area (Å²) in [4.78, 5) is 12.6. The molecule has 1 aromatic rings. The first kappa shape index (κ1) is 14.9. The number of rotatable bonds is 2. The van der Waals surface area contributed by atoms with Crippen LogP contribution in [0.3, 0.4) is 0 Å². The number of hydrogen-bond acceptors (Lipinski definition) is 2. The third-order valence-electron chi connectivity index (χ3n) is 5.80. The Morgan fingerprint density at radius 2 is 2.10 bits per heavy atom. The number of nitrogens with two attached hydrogens (primary N) is 1. The number of nitrogen functional groups attached to an aromatic ring is 1. The summed E-state index contributed by atoms with van der Waals surface area (Å²) in [6.07, 6.45) is 3.74. The molecule has 2 saturated carbocycles. The molecule has 3 nitrogen and oxygen atoms in total. The van der Waals surface area contributed by atoms with E-state index in [1.165, 1.54) is 19.3 Å². The average Bonchev–Trinajstić information content (AvgIpc) is 2.89. The fourth-order valence-corrected chi connectivity index (χ4v) is 4.81. The van der Waals surface area contributed by atoms with Crippen LogP contribution in [0.2, 0.25) is 0 Å². The van der Waals surface area contributed by atoms with E-state index in [1.54, 1.807) is 6.07 Å². The smallest absolute Gasteiger partial charge is 0.251 e. The number of halogens is 1. The number of carbonyl (C=O) groups excluding carboxylic acids is 1. The molecule has 4 heteroatoms. The molecule has 0 saturated heterocycles. The van der Waals surface area contributed by atoms with Gasteiger partial charge in [0.05, 0.1) is 0 Å². The van der Waals surface area contributed by atoms with Gasteiger partial charge in [0.15, 0.2) is 0 Å². The molecule has 0 aromatic heterocycles. The molecule has 0 heterocycles. The van der Waals surface area contributed by atoms with E-state index in [4.69, 9.17) is 5.73 Å². The zero-order valence-electron chi connectivity index (χ0n) is 12.9. The minimum atomic E-state index is -0.0129. The molecule has 3 unspecified atom stereocenters. The van der Waals surface area contributed by atoms with Crippen LogP contribution in [0.25, 0.3) is 0 Å². The Morgan fingerprint density at radius 1 is 1.38 bits per heavy atom. The average molecular weight is 351 g/mol. The highest BCUT2D eigenvalue weighted by Crippen LogP contribution is 2.62. The van der Waals surface area contributed by atoms with Gasteiger partial charge in [0.1, 0.15) is 0 Å². The number of anilines is 1. The van der Waals surface area contributed by atoms with Gasteiger partial charge in [-0.25, -0.2) is 0 Å². The summed E-state index contributed by atoms with van der Waals surface area (Å²) >= 11 is 3.36. The molecule has 0 aliphatic heterocycles. The Bertz CT molecular complexity index is 594. The van der Waals surface area contributed by atoms with E-state index in [0.717, 1.165) is 10.4 Å². The first-order chi connectivity index (χ1) is 9.74. The molecule has 2 bridgehead atoms.